The molecule has 1 fully saturated rings. The smallest absolute Gasteiger partial charge is 0.397 e. The van der Waals surface area contributed by atoms with E-state index in [2.05, 4.69) is 0 Å². The Morgan fingerprint density at radius 1 is 1.19 bits per heavy atom. The van der Waals surface area contributed by atoms with Crippen molar-refractivity contribution in [2.45, 2.75) is 45.3 Å². The number of benzene rings is 1. The van der Waals surface area contributed by atoms with Crippen LogP contribution in [0.5, 0.6) is 0 Å². The first kappa shape index (κ1) is 19.8. The Balaban J connectivity index is 1.95. The van der Waals surface area contributed by atoms with Crippen LogP contribution in [-0.4, -0.2) is 47.5 Å². The maximum atomic E-state index is 13.2. The van der Waals surface area contributed by atoms with Gasteiger partial charge in [0.15, 0.2) is 11.6 Å². The summed E-state index contributed by atoms with van der Waals surface area (Å²) >= 11 is 0. The van der Waals surface area contributed by atoms with Crippen molar-refractivity contribution in [2.24, 2.45) is 0 Å². The summed E-state index contributed by atoms with van der Waals surface area (Å²) in [5, 5.41) is 0. The van der Waals surface area contributed by atoms with Gasteiger partial charge in [-0.05, 0) is 51.8 Å². The van der Waals surface area contributed by atoms with Gasteiger partial charge in [-0.15, -0.1) is 0 Å². The molecule has 1 aromatic rings. The molecule has 1 heterocycles. The lowest BCUT2D eigenvalue weighted by molar-refractivity contribution is -0.168. The van der Waals surface area contributed by atoms with Gasteiger partial charge in [-0.3, -0.25) is 4.79 Å². The number of likely N-dealkylation sites (tertiary alicyclic amines) is 1. The van der Waals surface area contributed by atoms with Crippen LogP contribution >= 0.6 is 0 Å². The summed E-state index contributed by atoms with van der Waals surface area (Å²) in [4.78, 5) is 37.4. The molecule has 1 saturated heterocycles. The highest BCUT2D eigenvalue weighted by Gasteiger charge is 2.35. The van der Waals surface area contributed by atoms with E-state index in [0.717, 1.165) is 18.2 Å². The minimum Gasteiger partial charge on any atom is -0.460 e. The lowest BCUT2D eigenvalue weighted by atomic mass is 10.2. The van der Waals surface area contributed by atoms with Crippen LogP contribution in [-0.2, 0) is 19.1 Å². The number of hydrogen-bond acceptors (Lipinski definition) is 5. The van der Waals surface area contributed by atoms with Crippen molar-refractivity contribution in [3.63, 3.8) is 0 Å². The van der Waals surface area contributed by atoms with E-state index in [-0.39, 0.29) is 12.2 Å². The Morgan fingerprint density at radius 3 is 2.50 bits per heavy atom. The molecule has 1 aromatic carbocycles. The second-order valence-electron chi connectivity index (χ2n) is 7.02. The molecular weight excluding hydrogens is 348 g/mol. The number of nitrogens with zero attached hydrogens (tertiary/aromatic N) is 1. The van der Waals surface area contributed by atoms with Gasteiger partial charge in [0.1, 0.15) is 12.2 Å². The Labute approximate surface area is 150 Å². The highest BCUT2D eigenvalue weighted by Crippen LogP contribution is 2.20. The van der Waals surface area contributed by atoms with Crippen LogP contribution in [0.25, 0.3) is 0 Å². The van der Waals surface area contributed by atoms with Crippen LogP contribution in [0.3, 0.4) is 0 Å². The fraction of sp³-hybridized carbons (Fsp3) is 0.500. The zero-order valence-electron chi connectivity index (χ0n) is 14.9. The average Bonchev–Trinajstić information content (AvgIpc) is 3.01. The number of esters is 2. The lowest BCUT2D eigenvalue weighted by Crippen LogP contribution is -2.44. The topological polar surface area (TPSA) is 72.9 Å². The van der Waals surface area contributed by atoms with E-state index < -0.39 is 41.1 Å². The minimum atomic E-state index is -1.15. The van der Waals surface area contributed by atoms with E-state index in [1.54, 1.807) is 20.8 Å². The standard InChI is InChI=1S/C18H21F2NO5/c1-18(2,3)26-17(24)15(22)21-8-4-5-12(21)10-25-16(23)11-6-7-13(19)14(20)9-11/h6-7,9,12H,4-5,8,10H2,1-3H3/t12-/m0/s1. The molecule has 6 nitrogen and oxygen atoms in total. The van der Waals surface area contributed by atoms with Gasteiger partial charge in [-0.1, -0.05) is 0 Å². The molecule has 1 atom stereocenters. The van der Waals surface area contributed by atoms with Crippen molar-refractivity contribution >= 4 is 17.8 Å². The van der Waals surface area contributed by atoms with Crippen molar-refractivity contribution in [3.8, 4) is 0 Å². The van der Waals surface area contributed by atoms with Crippen LogP contribution in [0, 0.1) is 11.6 Å². The summed E-state index contributed by atoms with van der Waals surface area (Å²) in [5.74, 6) is -4.79. The Kier molecular flexibility index (Phi) is 5.94. The molecule has 0 spiro atoms. The predicted octanol–water partition coefficient (Wildman–Crippen LogP) is 2.45. The van der Waals surface area contributed by atoms with E-state index in [0.29, 0.717) is 19.4 Å². The molecule has 1 aliphatic heterocycles. The van der Waals surface area contributed by atoms with Crippen molar-refractivity contribution in [2.75, 3.05) is 13.2 Å². The molecule has 2 rings (SSSR count). The number of carbonyl (C=O) groups is 3. The molecule has 1 aliphatic rings. The van der Waals surface area contributed by atoms with Gasteiger partial charge in [-0.2, -0.15) is 0 Å². The third-order valence-electron chi connectivity index (χ3n) is 3.77. The summed E-state index contributed by atoms with van der Waals surface area (Å²) in [6.07, 6.45) is 1.21. The average molecular weight is 369 g/mol. The molecule has 1 amide bonds. The highest BCUT2D eigenvalue weighted by molar-refractivity contribution is 6.32. The fourth-order valence-corrected chi connectivity index (χ4v) is 2.59. The van der Waals surface area contributed by atoms with Crippen molar-refractivity contribution in [3.05, 3.63) is 35.4 Å². The van der Waals surface area contributed by atoms with Crippen LogP contribution in [0.1, 0.15) is 44.0 Å². The SMILES string of the molecule is CC(C)(C)OC(=O)C(=O)N1CCC[C@H]1COC(=O)c1ccc(F)c(F)c1. The molecule has 0 saturated carbocycles. The van der Waals surface area contributed by atoms with Gasteiger partial charge < -0.3 is 14.4 Å². The number of rotatable bonds is 3. The summed E-state index contributed by atoms with van der Waals surface area (Å²) < 4.78 is 36.3. The molecule has 0 bridgehead atoms. The molecule has 0 N–H and O–H groups in total. The van der Waals surface area contributed by atoms with Gasteiger partial charge in [-0.25, -0.2) is 18.4 Å². The summed E-state index contributed by atoms with van der Waals surface area (Å²) in [7, 11) is 0. The third-order valence-corrected chi connectivity index (χ3v) is 3.77. The zero-order valence-corrected chi connectivity index (χ0v) is 14.9. The first-order valence-corrected chi connectivity index (χ1v) is 8.24. The second kappa shape index (κ2) is 7.80. The molecule has 26 heavy (non-hydrogen) atoms. The fourth-order valence-electron chi connectivity index (χ4n) is 2.59. The van der Waals surface area contributed by atoms with Gasteiger partial charge in [0.25, 0.3) is 0 Å². The molecule has 0 aromatic heterocycles. The van der Waals surface area contributed by atoms with Crippen LogP contribution in [0.15, 0.2) is 18.2 Å². The molecule has 0 radical (unpaired) electrons. The van der Waals surface area contributed by atoms with Gasteiger partial charge in [0, 0.05) is 6.54 Å². The summed E-state index contributed by atoms with van der Waals surface area (Å²) in [6, 6.07) is 2.22. The van der Waals surface area contributed by atoms with Crippen molar-refractivity contribution < 1.29 is 32.6 Å². The quantitative estimate of drug-likeness (QED) is 0.605. The highest BCUT2D eigenvalue weighted by atomic mass is 19.2. The number of halogens is 2. The Hall–Kier alpha value is -2.51. The summed E-state index contributed by atoms with van der Waals surface area (Å²) in [5.41, 5.74) is -0.923. The molecular formula is C18H21F2NO5. The normalized spacial score (nSPS) is 17.1. The van der Waals surface area contributed by atoms with Crippen LogP contribution in [0.4, 0.5) is 8.78 Å². The van der Waals surface area contributed by atoms with Gasteiger partial charge in [0.2, 0.25) is 0 Å². The zero-order chi connectivity index (χ0) is 19.5. The number of amides is 1. The largest absolute Gasteiger partial charge is 0.460 e. The van der Waals surface area contributed by atoms with E-state index in [9.17, 15) is 23.2 Å². The van der Waals surface area contributed by atoms with Crippen molar-refractivity contribution in [1.82, 2.24) is 4.90 Å². The van der Waals surface area contributed by atoms with E-state index in [1.807, 2.05) is 0 Å². The molecule has 0 aliphatic carbocycles. The first-order chi connectivity index (χ1) is 12.1. The number of ether oxygens (including phenoxy) is 2. The third kappa shape index (κ3) is 5.00. The minimum absolute atomic E-state index is 0.132. The van der Waals surface area contributed by atoms with Gasteiger partial charge in [0.05, 0.1) is 11.6 Å². The maximum Gasteiger partial charge on any atom is 0.397 e. The van der Waals surface area contributed by atoms with Crippen LogP contribution < -0.4 is 0 Å². The monoisotopic (exact) mass is 369 g/mol. The van der Waals surface area contributed by atoms with Gasteiger partial charge >= 0.3 is 17.8 Å². The second-order valence-corrected chi connectivity index (χ2v) is 7.02. The van der Waals surface area contributed by atoms with E-state index in [1.165, 1.54) is 4.90 Å². The van der Waals surface area contributed by atoms with E-state index >= 15 is 0 Å². The Bertz CT molecular complexity index is 714. The first-order valence-electron chi connectivity index (χ1n) is 8.24. The maximum absolute atomic E-state index is 13.2. The molecule has 142 valence electrons. The molecule has 8 heteroatoms. The molecule has 0 unspecified atom stereocenters. The summed E-state index contributed by atoms with van der Waals surface area (Å²) in [6.45, 7) is 5.17. The van der Waals surface area contributed by atoms with Crippen molar-refractivity contribution in [1.29, 1.82) is 0 Å². The lowest BCUT2D eigenvalue weighted by Gasteiger charge is -2.25. The van der Waals surface area contributed by atoms with E-state index in [4.69, 9.17) is 9.47 Å². The predicted molar refractivity (Wildman–Crippen MR) is 87.2 cm³/mol. The Morgan fingerprint density at radius 2 is 1.88 bits per heavy atom. The number of hydrogen-bond donors (Lipinski definition) is 0. The van der Waals surface area contributed by atoms with Crippen LogP contribution in [0.2, 0.25) is 0 Å². The number of carbonyl (C=O) groups excluding carboxylic acids is 3.